The number of hydrogen-bond donors (Lipinski definition) is 1. The average Bonchev–Trinajstić information content (AvgIpc) is 3.00. The molecule has 112 valence electrons. The second kappa shape index (κ2) is 7.94. The third kappa shape index (κ3) is 4.81. The van der Waals surface area contributed by atoms with Gasteiger partial charge in [-0.05, 0) is 35.2 Å². The van der Waals surface area contributed by atoms with Crippen LogP contribution in [0.5, 0.6) is 0 Å². The Morgan fingerprint density at radius 1 is 1.48 bits per heavy atom. The molecular formula is C15H15BrClNO2S. The van der Waals surface area contributed by atoms with Gasteiger partial charge in [0.2, 0.25) is 0 Å². The van der Waals surface area contributed by atoms with Crippen molar-refractivity contribution in [3.8, 4) is 0 Å². The lowest BCUT2D eigenvalue weighted by Gasteiger charge is -2.17. The molecule has 0 saturated heterocycles. The second-order valence-corrected chi connectivity index (χ2v) is 6.73. The molecule has 3 nitrogen and oxygen atoms in total. The Kier molecular flexibility index (Phi) is 6.23. The van der Waals surface area contributed by atoms with Crippen LogP contribution in [0.4, 0.5) is 0 Å². The molecule has 0 fully saturated rings. The summed E-state index contributed by atoms with van der Waals surface area (Å²) in [6, 6.07) is 9.57. The molecule has 2 rings (SSSR count). The lowest BCUT2D eigenvalue weighted by molar-refractivity contribution is -0.141. The van der Waals surface area contributed by atoms with Gasteiger partial charge in [-0.15, -0.1) is 11.3 Å². The molecule has 21 heavy (non-hydrogen) atoms. The summed E-state index contributed by atoms with van der Waals surface area (Å²) in [6.45, 7) is 0.612. The third-order valence-electron chi connectivity index (χ3n) is 3.03. The maximum atomic E-state index is 11.6. The van der Waals surface area contributed by atoms with Crippen LogP contribution in [-0.4, -0.2) is 13.1 Å². The van der Waals surface area contributed by atoms with Crippen LogP contribution in [0, 0.1) is 0 Å². The third-order valence-corrected chi connectivity index (χ3v) is 5.03. The van der Waals surface area contributed by atoms with Crippen LogP contribution in [0.15, 0.2) is 40.2 Å². The zero-order valence-corrected chi connectivity index (χ0v) is 14.6. The van der Waals surface area contributed by atoms with Crippen molar-refractivity contribution in [3.63, 3.8) is 0 Å². The Bertz CT molecular complexity index is 604. The number of halogens is 2. The summed E-state index contributed by atoms with van der Waals surface area (Å²) >= 11 is 11.1. The number of nitrogens with one attached hydrogen (secondary N) is 1. The van der Waals surface area contributed by atoms with E-state index in [1.54, 1.807) is 11.3 Å². The number of ether oxygens (including phenoxy) is 1. The molecule has 0 bridgehead atoms. The summed E-state index contributed by atoms with van der Waals surface area (Å²) in [7, 11) is 1.40. The Labute approximate surface area is 141 Å². The fraction of sp³-hybridized carbons (Fsp3) is 0.267. The zero-order valence-electron chi connectivity index (χ0n) is 11.4. The van der Waals surface area contributed by atoms with Crippen molar-refractivity contribution in [3.05, 3.63) is 55.6 Å². The van der Waals surface area contributed by atoms with Gasteiger partial charge in [-0.25, -0.2) is 0 Å². The summed E-state index contributed by atoms with van der Waals surface area (Å²) in [5.74, 6) is -0.231. The Morgan fingerprint density at radius 2 is 2.29 bits per heavy atom. The van der Waals surface area contributed by atoms with E-state index in [1.807, 2.05) is 35.7 Å². The van der Waals surface area contributed by atoms with Gasteiger partial charge in [0.1, 0.15) is 0 Å². The minimum atomic E-state index is -0.231. The van der Waals surface area contributed by atoms with Gasteiger partial charge in [0.05, 0.1) is 19.6 Å². The van der Waals surface area contributed by atoms with Crippen molar-refractivity contribution >= 4 is 44.8 Å². The molecule has 0 radical (unpaired) electrons. The quantitative estimate of drug-likeness (QED) is 0.737. The molecular weight excluding hydrogens is 374 g/mol. The summed E-state index contributed by atoms with van der Waals surface area (Å²) in [5, 5.41) is 6.08. The first kappa shape index (κ1) is 16.5. The normalized spacial score (nSPS) is 12.1. The molecule has 1 unspecified atom stereocenters. The monoisotopic (exact) mass is 387 g/mol. The Morgan fingerprint density at radius 3 is 2.95 bits per heavy atom. The number of thiophene rings is 1. The number of benzene rings is 1. The molecule has 0 amide bonds. The van der Waals surface area contributed by atoms with Gasteiger partial charge < -0.3 is 10.1 Å². The van der Waals surface area contributed by atoms with E-state index < -0.39 is 0 Å². The van der Waals surface area contributed by atoms with E-state index in [0.717, 1.165) is 14.9 Å². The van der Waals surface area contributed by atoms with Crippen LogP contribution in [0.1, 0.15) is 22.9 Å². The molecule has 1 heterocycles. The van der Waals surface area contributed by atoms with Gasteiger partial charge in [0, 0.05) is 20.9 Å². The number of hydrogen-bond acceptors (Lipinski definition) is 4. The van der Waals surface area contributed by atoms with E-state index in [4.69, 9.17) is 16.3 Å². The maximum absolute atomic E-state index is 11.6. The van der Waals surface area contributed by atoms with E-state index in [2.05, 4.69) is 21.2 Å². The highest BCUT2D eigenvalue weighted by Crippen LogP contribution is 2.25. The smallest absolute Gasteiger partial charge is 0.307 e. The zero-order chi connectivity index (χ0) is 15.2. The minimum Gasteiger partial charge on any atom is -0.469 e. The van der Waals surface area contributed by atoms with Crippen LogP contribution in [0.3, 0.4) is 0 Å². The average molecular weight is 389 g/mol. The van der Waals surface area contributed by atoms with E-state index in [0.29, 0.717) is 18.0 Å². The lowest BCUT2D eigenvalue weighted by Crippen LogP contribution is -2.23. The van der Waals surface area contributed by atoms with Crippen molar-refractivity contribution in [2.45, 2.75) is 19.0 Å². The SMILES string of the molecule is COC(=O)CC(NCc1cc(Cl)ccc1Br)c1cccs1. The van der Waals surface area contributed by atoms with Gasteiger partial charge in [-0.2, -0.15) is 0 Å². The van der Waals surface area contributed by atoms with Gasteiger partial charge in [-0.3, -0.25) is 4.79 Å². The summed E-state index contributed by atoms with van der Waals surface area (Å²) < 4.78 is 5.76. The number of esters is 1. The molecule has 0 aliphatic carbocycles. The van der Waals surface area contributed by atoms with E-state index >= 15 is 0 Å². The molecule has 1 atom stereocenters. The first-order valence-corrected chi connectivity index (χ1v) is 8.42. The summed E-state index contributed by atoms with van der Waals surface area (Å²) in [6.07, 6.45) is 0.301. The maximum Gasteiger partial charge on any atom is 0.307 e. The molecule has 2 aromatic rings. The molecule has 1 N–H and O–H groups in total. The van der Waals surface area contributed by atoms with Crippen LogP contribution in [0.2, 0.25) is 5.02 Å². The van der Waals surface area contributed by atoms with Crippen molar-refractivity contribution in [1.82, 2.24) is 5.32 Å². The summed E-state index contributed by atoms with van der Waals surface area (Å²) in [5.41, 5.74) is 1.05. The van der Waals surface area contributed by atoms with E-state index in [9.17, 15) is 4.79 Å². The van der Waals surface area contributed by atoms with Crippen molar-refractivity contribution < 1.29 is 9.53 Å². The first-order chi connectivity index (χ1) is 10.1. The number of carbonyl (C=O) groups is 1. The standard InChI is InChI=1S/C15H15BrClNO2S/c1-20-15(19)8-13(14-3-2-6-21-14)18-9-10-7-11(17)4-5-12(10)16/h2-7,13,18H,8-9H2,1H3. The van der Waals surface area contributed by atoms with Crippen molar-refractivity contribution in [1.29, 1.82) is 0 Å². The predicted molar refractivity (Wildman–Crippen MR) is 89.7 cm³/mol. The highest BCUT2D eigenvalue weighted by atomic mass is 79.9. The van der Waals surface area contributed by atoms with Gasteiger partial charge in [0.25, 0.3) is 0 Å². The van der Waals surface area contributed by atoms with Crippen LogP contribution in [0.25, 0.3) is 0 Å². The van der Waals surface area contributed by atoms with E-state index in [1.165, 1.54) is 7.11 Å². The van der Waals surface area contributed by atoms with Crippen molar-refractivity contribution in [2.24, 2.45) is 0 Å². The Hall–Kier alpha value is -0.880. The van der Waals surface area contributed by atoms with Gasteiger partial charge in [-0.1, -0.05) is 33.6 Å². The molecule has 0 aliphatic heterocycles. The van der Waals surface area contributed by atoms with Crippen LogP contribution >= 0.6 is 38.9 Å². The molecule has 0 aliphatic rings. The Balaban J connectivity index is 2.08. The molecule has 0 spiro atoms. The predicted octanol–water partition coefficient (Wildman–Crippen LogP) is 4.56. The van der Waals surface area contributed by atoms with E-state index in [-0.39, 0.29) is 12.0 Å². The molecule has 0 saturated carbocycles. The fourth-order valence-electron chi connectivity index (χ4n) is 1.92. The highest BCUT2D eigenvalue weighted by Gasteiger charge is 2.17. The molecule has 1 aromatic carbocycles. The van der Waals surface area contributed by atoms with Gasteiger partial charge >= 0.3 is 5.97 Å². The molecule has 1 aromatic heterocycles. The van der Waals surface area contributed by atoms with Crippen LogP contribution < -0.4 is 5.32 Å². The number of carbonyl (C=O) groups excluding carboxylic acids is 1. The van der Waals surface area contributed by atoms with Crippen molar-refractivity contribution in [2.75, 3.05) is 7.11 Å². The van der Waals surface area contributed by atoms with Crippen LogP contribution in [-0.2, 0) is 16.1 Å². The summed E-state index contributed by atoms with van der Waals surface area (Å²) in [4.78, 5) is 12.7. The fourth-order valence-corrected chi connectivity index (χ4v) is 3.31. The van der Waals surface area contributed by atoms with Gasteiger partial charge in [0.15, 0.2) is 0 Å². The topological polar surface area (TPSA) is 38.3 Å². The number of methoxy groups -OCH3 is 1. The largest absolute Gasteiger partial charge is 0.469 e. The second-order valence-electron chi connectivity index (χ2n) is 4.46. The highest BCUT2D eigenvalue weighted by molar-refractivity contribution is 9.10. The minimum absolute atomic E-state index is 0.0664. The molecule has 6 heteroatoms. The number of rotatable bonds is 6. The first-order valence-electron chi connectivity index (χ1n) is 6.37. The lowest BCUT2D eigenvalue weighted by atomic mass is 10.1.